The summed E-state index contributed by atoms with van der Waals surface area (Å²) in [6.45, 7) is 11.1. The maximum atomic E-state index is 12.4. The van der Waals surface area contributed by atoms with E-state index in [0.29, 0.717) is 17.4 Å². The lowest BCUT2D eigenvalue weighted by Crippen LogP contribution is -2.41. The SMILES string of the molecule is CC(C)(C)CN1CCC2(CC1)C[C@@H]2C(=O)NCc1cccs1. The third-order valence-electron chi connectivity index (χ3n) is 5.07. The molecule has 1 aromatic heterocycles. The highest BCUT2D eigenvalue weighted by Crippen LogP contribution is 2.59. The molecule has 0 bridgehead atoms. The Morgan fingerprint density at radius 2 is 2.14 bits per heavy atom. The molecule has 1 aliphatic carbocycles. The number of hydrogen-bond acceptors (Lipinski definition) is 3. The number of hydrogen-bond donors (Lipinski definition) is 1. The predicted molar refractivity (Wildman–Crippen MR) is 91.8 cm³/mol. The molecule has 1 aromatic rings. The molecular weight excluding hydrogens is 292 g/mol. The number of thiophene rings is 1. The third kappa shape index (κ3) is 3.72. The molecule has 1 spiro atoms. The van der Waals surface area contributed by atoms with Gasteiger partial charge < -0.3 is 10.2 Å². The van der Waals surface area contributed by atoms with Gasteiger partial charge in [0, 0.05) is 17.3 Å². The maximum Gasteiger partial charge on any atom is 0.223 e. The van der Waals surface area contributed by atoms with Gasteiger partial charge in [-0.1, -0.05) is 26.8 Å². The zero-order chi connectivity index (χ0) is 15.8. The zero-order valence-corrected chi connectivity index (χ0v) is 14.8. The highest BCUT2D eigenvalue weighted by atomic mass is 32.1. The van der Waals surface area contributed by atoms with Crippen molar-refractivity contribution in [2.75, 3.05) is 19.6 Å². The number of nitrogens with one attached hydrogen (secondary N) is 1. The molecule has 3 nitrogen and oxygen atoms in total. The van der Waals surface area contributed by atoms with Crippen molar-refractivity contribution in [1.29, 1.82) is 0 Å². The molecule has 1 saturated carbocycles. The molecule has 1 amide bonds. The van der Waals surface area contributed by atoms with E-state index in [1.807, 2.05) is 6.07 Å². The van der Waals surface area contributed by atoms with E-state index in [-0.39, 0.29) is 11.8 Å². The Morgan fingerprint density at radius 3 is 2.73 bits per heavy atom. The first-order chi connectivity index (χ1) is 10.4. The Hall–Kier alpha value is -0.870. The molecule has 1 atom stereocenters. The van der Waals surface area contributed by atoms with Gasteiger partial charge in [0.05, 0.1) is 6.54 Å². The summed E-state index contributed by atoms with van der Waals surface area (Å²) in [5.41, 5.74) is 0.694. The van der Waals surface area contributed by atoms with Crippen LogP contribution in [0.25, 0.3) is 0 Å². The van der Waals surface area contributed by atoms with Gasteiger partial charge in [-0.25, -0.2) is 0 Å². The molecule has 2 fully saturated rings. The van der Waals surface area contributed by atoms with Crippen LogP contribution in [0.3, 0.4) is 0 Å². The molecule has 3 rings (SSSR count). The van der Waals surface area contributed by atoms with Crippen molar-refractivity contribution < 1.29 is 4.79 Å². The van der Waals surface area contributed by atoms with E-state index < -0.39 is 0 Å². The number of rotatable bonds is 4. The summed E-state index contributed by atoms with van der Waals surface area (Å²) < 4.78 is 0. The van der Waals surface area contributed by atoms with Gasteiger partial charge in [-0.2, -0.15) is 0 Å². The van der Waals surface area contributed by atoms with Gasteiger partial charge in [0.25, 0.3) is 0 Å². The molecule has 0 radical (unpaired) electrons. The van der Waals surface area contributed by atoms with Crippen molar-refractivity contribution in [3.05, 3.63) is 22.4 Å². The smallest absolute Gasteiger partial charge is 0.223 e. The van der Waals surface area contributed by atoms with Gasteiger partial charge in [0.15, 0.2) is 0 Å². The van der Waals surface area contributed by atoms with Crippen molar-refractivity contribution in [3.63, 3.8) is 0 Å². The van der Waals surface area contributed by atoms with E-state index >= 15 is 0 Å². The largest absolute Gasteiger partial charge is 0.351 e. The van der Waals surface area contributed by atoms with Gasteiger partial charge in [0.1, 0.15) is 0 Å². The number of piperidine rings is 1. The second-order valence-electron chi connectivity index (χ2n) is 8.25. The van der Waals surface area contributed by atoms with Crippen LogP contribution in [-0.4, -0.2) is 30.4 Å². The Kier molecular flexibility index (Phi) is 4.34. The van der Waals surface area contributed by atoms with Crippen LogP contribution < -0.4 is 5.32 Å². The Morgan fingerprint density at radius 1 is 1.41 bits per heavy atom. The molecule has 0 unspecified atom stereocenters. The average Bonchev–Trinajstić information content (AvgIpc) is 2.90. The van der Waals surface area contributed by atoms with Gasteiger partial charge in [-0.05, 0) is 54.6 Å². The van der Waals surface area contributed by atoms with E-state index in [2.05, 4.69) is 42.4 Å². The first kappa shape index (κ1) is 16.0. The summed E-state index contributed by atoms with van der Waals surface area (Å²) in [6, 6.07) is 4.12. The van der Waals surface area contributed by atoms with Crippen molar-refractivity contribution in [2.24, 2.45) is 16.7 Å². The fourth-order valence-corrected chi connectivity index (χ4v) is 4.45. The second kappa shape index (κ2) is 5.97. The number of carbonyl (C=O) groups excluding carboxylic acids is 1. The van der Waals surface area contributed by atoms with Crippen LogP contribution in [0.4, 0.5) is 0 Å². The molecular formula is C18H28N2OS. The minimum atomic E-state index is 0.268. The second-order valence-corrected chi connectivity index (χ2v) is 9.29. The summed E-state index contributed by atoms with van der Waals surface area (Å²) in [5, 5.41) is 5.19. The highest BCUT2D eigenvalue weighted by Gasteiger charge is 2.58. The molecule has 1 aliphatic heterocycles. The van der Waals surface area contributed by atoms with Crippen LogP contribution >= 0.6 is 11.3 Å². The van der Waals surface area contributed by atoms with Crippen LogP contribution in [0, 0.1) is 16.7 Å². The number of amides is 1. The molecule has 22 heavy (non-hydrogen) atoms. The number of nitrogens with zero attached hydrogens (tertiary/aromatic N) is 1. The van der Waals surface area contributed by atoms with Crippen LogP contribution in [0.2, 0.25) is 0 Å². The lowest BCUT2D eigenvalue weighted by Gasteiger charge is -2.36. The minimum Gasteiger partial charge on any atom is -0.351 e. The lowest BCUT2D eigenvalue weighted by atomic mass is 9.88. The predicted octanol–water partition coefficient (Wildman–Crippen LogP) is 3.51. The quantitative estimate of drug-likeness (QED) is 0.921. The van der Waals surface area contributed by atoms with Crippen LogP contribution in [0.5, 0.6) is 0 Å². The Bertz CT molecular complexity index is 510. The van der Waals surface area contributed by atoms with E-state index in [1.54, 1.807) is 11.3 Å². The van der Waals surface area contributed by atoms with Crippen molar-refractivity contribution in [2.45, 2.75) is 46.6 Å². The summed E-state index contributed by atoms with van der Waals surface area (Å²) in [7, 11) is 0. The van der Waals surface area contributed by atoms with Gasteiger partial charge in [0.2, 0.25) is 5.91 Å². The topological polar surface area (TPSA) is 32.3 Å². The molecule has 122 valence electrons. The van der Waals surface area contributed by atoms with E-state index in [0.717, 1.165) is 19.5 Å². The normalized spacial score (nSPS) is 24.4. The fourth-order valence-electron chi connectivity index (χ4n) is 3.81. The summed E-state index contributed by atoms with van der Waals surface area (Å²) in [6.07, 6.45) is 3.49. The summed E-state index contributed by atoms with van der Waals surface area (Å²) >= 11 is 1.71. The van der Waals surface area contributed by atoms with E-state index in [1.165, 1.54) is 24.3 Å². The maximum absolute atomic E-state index is 12.4. The molecule has 0 aromatic carbocycles. The Labute approximate surface area is 138 Å². The fraction of sp³-hybridized carbons (Fsp3) is 0.722. The van der Waals surface area contributed by atoms with Crippen LogP contribution in [-0.2, 0) is 11.3 Å². The number of carbonyl (C=O) groups is 1. The molecule has 2 aliphatic rings. The van der Waals surface area contributed by atoms with Crippen molar-refractivity contribution in [1.82, 2.24) is 10.2 Å². The molecule has 1 N–H and O–H groups in total. The third-order valence-corrected chi connectivity index (χ3v) is 5.95. The highest BCUT2D eigenvalue weighted by molar-refractivity contribution is 7.09. The van der Waals surface area contributed by atoms with E-state index in [9.17, 15) is 4.79 Å². The van der Waals surface area contributed by atoms with Crippen molar-refractivity contribution in [3.8, 4) is 0 Å². The molecule has 4 heteroatoms. The summed E-state index contributed by atoms with van der Waals surface area (Å²) in [4.78, 5) is 16.2. The minimum absolute atomic E-state index is 0.268. The first-order valence-corrected chi connectivity index (χ1v) is 9.28. The van der Waals surface area contributed by atoms with Gasteiger partial charge >= 0.3 is 0 Å². The monoisotopic (exact) mass is 320 g/mol. The molecule has 1 saturated heterocycles. The van der Waals surface area contributed by atoms with Crippen molar-refractivity contribution >= 4 is 17.2 Å². The average molecular weight is 321 g/mol. The van der Waals surface area contributed by atoms with Gasteiger partial charge in [-0.15, -0.1) is 11.3 Å². The van der Waals surface area contributed by atoms with Gasteiger partial charge in [-0.3, -0.25) is 4.79 Å². The van der Waals surface area contributed by atoms with Crippen LogP contribution in [0.1, 0.15) is 44.9 Å². The lowest BCUT2D eigenvalue weighted by molar-refractivity contribution is -0.123. The first-order valence-electron chi connectivity index (χ1n) is 8.40. The number of likely N-dealkylation sites (tertiary alicyclic amines) is 1. The summed E-state index contributed by atoms with van der Waals surface area (Å²) in [5.74, 6) is 0.543. The zero-order valence-electron chi connectivity index (χ0n) is 14.0. The van der Waals surface area contributed by atoms with Crippen LogP contribution in [0.15, 0.2) is 17.5 Å². The molecule has 2 heterocycles. The van der Waals surface area contributed by atoms with E-state index in [4.69, 9.17) is 0 Å². The Balaban J connectivity index is 1.44. The standard InChI is InChI=1S/C18H28N2OS/c1-17(2,3)13-20-8-6-18(7-9-20)11-15(18)16(21)19-12-14-5-4-10-22-14/h4-5,10,15H,6-9,11-13H2,1-3H3,(H,19,21)/t15-/m1/s1.